The molecule has 0 amide bonds. The summed E-state index contributed by atoms with van der Waals surface area (Å²) >= 11 is 1.49. The molecular weight excluding hydrogens is 414 g/mol. The zero-order valence-electron chi connectivity index (χ0n) is 15.8. The van der Waals surface area contributed by atoms with Crippen LogP contribution in [0.15, 0.2) is 52.7 Å². The van der Waals surface area contributed by atoms with Crippen LogP contribution in [-0.2, 0) is 16.4 Å². The molecule has 1 heterocycles. The Bertz CT molecular complexity index is 1130. The van der Waals surface area contributed by atoms with Gasteiger partial charge in [-0.15, -0.1) is 11.3 Å². The number of ether oxygens (including phenoxy) is 1. The van der Waals surface area contributed by atoms with Crippen LogP contribution in [0.1, 0.15) is 11.3 Å². The summed E-state index contributed by atoms with van der Waals surface area (Å²) in [7, 11) is -2.68. The highest BCUT2D eigenvalue weighted by atomic mass is 32.2. The molecule has 0 aliphatic heterocycles. The number of nitro benzene ring substituents is 1. The summed E-state index contributed by atoms with van der Waals surface area (Å²) < 4.78 is 32.7. The van der Waals surface area contributed by atoms with Crippen molar-refractivity contribution in [3.8, 4) is 16.3 Å². The standard InChI is InChI=1S/C19H19N3O5S2/c1-13-3-5-14(6-4-13)19-21-15(12-28-19)9-10-20-29(25,26)18-11-16(22(23)24)7-8-17(18)27-2/h3-8,11-12,20H,9-10H2,1-2H3. The number of nitro groups is 1. The molecule has 1 aromatic heterocycles. The molecule has 0 fully saturated rings. The Morgan fingerprint density at radius 1 is 1.21 bits per heavy atom. The van der Waals surface area contributed by atoms with Crippen molar-refractivity contribution in [1.29, 1.82) is 0 Å². The minimum absolute atomic E-state index is 0.0402. The zero-order chi connectivity index (χ0) is 21.0. The fourth-order valence-electron chi connectivity index (χ4n) is 2.63. The van der Waals surface area contributed by atoms with E-state index in [0.717, 1.165) is 27.9 Å². The lowest BCUT2D eigenvalue weighted by molar-refractivity contribution is -0.385. The maximum absolute atomic E-state index is 12.6. The molecule has 0 spiro atoms. The quantitative estimate of drug-likeness (QED) is 0.429. The number of thiazole rings is 1. The number of non-ortho nitro benzene ring substituents is 1. The second-order valence-corrected chi connectivity index (χ2v) is 8.84. The number of methoxy groups -OCH3 is 1. The number of nitrogens with zero attached hydrogens (tertiary/aromatic N) is 2. The number of hydrogen-bond acceptors (Lipinski definition) is 7. The van der Waals surface area contributed by atoms with Crippen molar-refractivity contribution in [1.82, 2.24) is 9.71 Å². The van der Waals surface area contributed by atoms with Crippen molar-refractivity contribution >= 4 is 27.0 Å². The van der Waals surface area contributed by atoms with Crippen LogP contribution in [0, 0.1) is 17.0 Å². The number of hydrogen-bond donors (Lipinski definition) is 1. The lowest BCUT2D eigenvalue weighted by atomic mass is 10.2. The molecule has 0 unspecified atom stereocenters. The average Bonchev–Trinajstić information content (AvgIpc) is 3.16. The van der Waals surface area contributed by atoms with Crippen LogP contribution in [0.25, 0.3) is 10.6 Å². The van der Waals surface area contributed by atoms with Gasteiger partial charge >= 0.3 is 0 Å². The van der Waals surface area contributed by atoms with Gasteiger partial charge in [0.1, 0.15) is 15.7 Å². The molecule has 3 aromatic rings. The smallest absolute Gasteiger partial charge is 0.271 e. The molecule has 3 rings (SSSR count). The van der Waals surface area contributed by atoms with Crippen molar-refractivity contribution in [3.63, 3.8) is 0 Å². The van der Waals surface area contributed by atoms with Crippen LogP contribution in [-0.4, -0.2) is 32.0 Å². The third kappa shape index (κ3) is 4.97. The van der Waals surface area contributed by atoms with E-state index >= 15 is 0 Å². The molecule has 10 heteroatoms. The summed E-state index contributed by atoms with van der Waals surface area (Å²) in [4.78, 5) is 14.6. The minimum atomic E-state index is -3.98. The van der Waals surface area contributed by atoms with Crippen LogP contribution in [0.2, 0.25) is 0 Å². The lowest BCUT2D eigenvalue weighted by Crippen LogP contribution is -2.26. The average molecular weight is 434 g/mol. The van der Waals surface area contributed by atoms with Gasteiger partial charge in [0, 0.05) is 36.0 Å². The molecule has 0 aliphatic rings. The number of benzene rings is 2. The highest BCUT2D eigenvalue weighted by Gasteiger charge is 2.23. The van der Waals surface area contributed by atoms with E-state index in [0.29, 0.717) is 6.42 Å². The second kappa shape index (κ2) is 8.68. The number of aryl methyl sites for hydroxylation is 1. The van der Waals surface area contributed by atoms with Crippen molar-refractivity contribution < 1.29 is 18.1 Å². The van der Waals surface area contributed by atoms with Gasteiger partial charge in [-0.3, -0.25) is 10.1 Å². The fourth-order valence-corrected chi connectivity index (χ4v) is 4.71. The Labute approximate surface area is 172 Å². The first-order chi connectivity index (χ1) is 13.8. The third-order valence-corrected chi connectivity index (χ3v) is 6.59. The Kier molecular flexibility index (Phi) is 6.26. The molecular formula is C19H19N3O5S2. The largest absolute Gasteiger partial charge is 0.495 e. The summed E-state index contributed by atoms with van der Waals surface area (Å²) in [6.07, 6.45) is 0.388. The maximum Gasteiger partial charge on any atom is 0.271 e. The van der Waals surface area contributed by atoms with Gasteiger partial charge in [-0.25, -0.2) is 18.1 Å². The monoisotopic (exact) mass is 433 g/mol. The summed E-state index contributed by atoms with van der Waals surface area (Å²) in [6.45, 7) is 2.12. The van der Waals surface area contributed by atoms with Crippen LogP contribution >= 0.6 is 11.3 Å². The Morgan fingerprint density at radius 3 is 2.59 bits per heavy atom. The van der Waals surface area contributed by atoms with Gasteiger partial charge in [0.2, 0.25) is 10.0 Å². The molecule has 0 bridgehead atoms. The van der Waals surface area contributed by atoms with E-state index in [-0.39, 0.29) is 22.9 Å². The van der Waals surface area contributed by atoms with Crippen LogP contribution < -0.4 is 9.46 Å². The Morgan fingerprint density at radius 2 is 1.93 bits per heavy atom. The molecule has 0 aliphatic carbocycles. The molecule has 1 N–H and O–H groups in total. The van der Waals surface area contributed by atoms with Gasteiger partial charge in [0.05, 0.1) is 17.7 Å². The molecule has 0 saturated heterocycles. The van der Waals surface area contributed by atoms with Crippen molar-refractivity contribution in [3.05, 3.63) is 69.2 Å². The van der Waals surface area contributed by atoms with E-state index in [1.807, 2.05) is 36.6 Å². The van der Waals surface area contributed by atoms with E-state index in [1.54, 1.807) is 0 Å². The lowest BCUT2D eigenvalue weighted by Gasteiger charge is -2.10. The number of nitrogens with one attached hydrogen (secondary N) is 1. The van der Waals surface area contributed by atoms with Crippen molar-refractivity contribution in [2.24, 2.45) is 0 Å². The first-order valence-electron chi connectivity index (χ1n) is 8.63. The molecule has 8 nitrogen and oxygen atoms in total. The Balaban J connectivity index is 1.69. The summed E-state index contributed by atoms with van der Waals surface area (Å²) in [5.74, 6) is 0.0402. The van der Waals surface area contributed by atoms with Crippen molar-refractivity contribution in [2.75, 3.05) is 13.7 Å². The molecule has 29 heavy (non-hydrogen) atoms. The Hall–Kier alpha value is -2.82. The van der Waals surface area contributed by atoms with E-state index in [9.17, 15) is 18.5 Å². The van der Waals surface area contributed by atoms with Gasteiger partial charge in [0.15, 0.2) is 0 Å². The highest BCUT2D eigenvalue weighted by molar-refractivity contribution is 7.89. The topological polar surface area (TPSA) is 111 Å². The van der Waals surface area contributed by atoms with E-state index < -0.39 is 14.9 Å². The normalized spacial score (nSPS) is 11.4. The first kappa shape index (κ1) is 20.9. The van der Waals surface area contributed by atoms with Crippen LogP contribution in [0.4, 0.5) is 5.69 Å². The van der Waals surface area contributed by atoms with Gasteiger partial charge in [-0.1, -0.05) is 29.8 Å². The number of aromatic nitrogens is 1. The summed E-state index contributed by atoms with van der Waals surface area (Å²) in [6, 6.07) is 11.5. The number of rotatable bonds is 8. The van der Waals surface area contributed by atoms with Gasteiger partial charge in [-0.2, -0.15) is 0 Å². The SMILES string of the molecule is COc1ccc([N+](=O)[O-])cc1S(=O)(=O)NCCc1csc(-c2ccc(C)cc2)n1. The van der Waals surface area contributed by atoms with Gasteiger partial charge in [0.25, 0.3) is 5.69 Å². The minimum Gasteiger partial charge on any atom is -0.495 e. The third-order valence-electron chi connectivity index (χ3n) is 4.17. The predicted octanol–water partition coefficient (Wildman–Crippen LogP) is 3.56. The zero-order valence-corrected chi connectivity index (χ0v) is 17.4. The van der Waals surface area contributed by atoms with Crippen LogP contribution in [0.5, 0.6) is 5.75 Å². The molecule has 0 atom stereocenters. The van der Waals surface area contributed by atoms with Gasteiger partial charge < -0.3 is 4.74 Å². The molecule has 0 saturated carbocycles. The summed E-state index contributed by atoms with van der Waals surface area (Å²) in [5, 5.41) is 13.7. The molecule has 0 radical (unpaired) electrons. The predicted molar refractivity (Wildman–Crippen MR) is 111 cm³/mol. The van der Waals surface area contributed by atoms with E-state index in [2.05, 4.69) is 9.71 Å². The van der Waals surface area contributed by atoms with Gasteiger partial charge in [-0.05, 0) is 13.0 Å². The second-order valence-electron chi connectivity index (χ2n) is 6.25. The van der Waals surface area contributed by atoms with Crippen molar-refractivity contribution in [2.45, 2.75) is 18.2 Å². The summed E-state index contributed by atoms with van der Waals surface area (Å²) in [5.41, 5.74) is 2.61. The number of sulfonamides is 1. The highest BCUT2D eigenvalue weighted by Crippen LogP contribution is 2.28. The van der Waals surface area contributed by atoms with E-state index in [4.69, 9.17) is 4.74 Å². The van der Waals surface area contributed by atoms with Crippen LogP contribution in [0.3, 0.4) is 0 Å². The molecule has 152 valence electrons. The first-order valence-corrected chi connectivity index (χ1v) is 11.0. The van der Waals surface area contributed by atoms with E-state index in [1.165, 1.54) is 30.6 Å². The molecule has 2 aromatic carbocycles. The fraction of sp³-hybridized carbons (Fsp3) is 0.211. The maximum atomic E-state index is 12.6.